The standard InChI is InChI=1S/C20H20N2O.C5H11N/c1-13(15-6-8-19(23)9-7-15)10-14-2-3-16-4-5-17(20(21)22)12-18(16)11-14;1-5-2-3-6-4-5/h2-9,11-13,23H,10H2,1H3,(H3,21,22);5-6H,2-4H2,1H3. The number of fused-ring (bicyclic) bond motifs is 1. The smallest absolute Gasteiger partial charge is 0.122 e. The Morgan fingerprint density at radius 3 is 2.41 bits per heavy atom. The van der Waals surface area contributed by atoms with Gasteiger partial charge in [-0.1, -0.05) is 56.3 Å². The van der Waals surface area contributed by atoms with Crippen LogP contribution in [0.15, 0.2) is 60.7 Å². The van der Waals surface area contributed by atoms with Crippen molar-refractivity contribution in [1.82, 2.24) is 5.32 Å². The Balaban J connectivity index is 0.000000343. The third-order valence-electron chi connectivity index (χ3n) is 5.53. The highest BCUT2D eigenvalue weighted by Crippen LogP contribution is 2.25. The zero-order valence-electron chi connectivity index (χ0n) is 17.3. The monoisotopic (exact) mass is 389 g/mol. The van der Waals surface area contributed by atoms with Crippen molar-refractivity contribution in [3.63, 3.8) is 0 Å². The molecule has 1 aliphatic rings. The highest BCUT2D eigenvalue weighted by atomic mass is 16.3. The normalized spacial score (nSPS) is 16.8. The van der Waals surface area contributed by atoms with Crippen LogP contribution in [0.3, 0.4) is 0 Å². The number of phenols is 1. The van der Waals surface area contributed by atoms with E-state index in [4.69, 9.17) is 11.1 Å². The lowest BCUT2D eigenvalue weighted by Gasteiger charge is -2.13. The van der Waals surface area contributed by atoms with E-state index in [0.29, 0.717) is 11.7 Å². The van der Waals surface area contributed by atoms with Gasteiger partial charge in [0.15, 0.2) is 0 Å². The summed E-state index contributed by atoms with van der Waals surface area (Å²) in [5.41, 5.74) is 8.78. The minimum atomic E-state index is 0.0924. The molecule has 0 radical (unpaired) electrons. The maximum absolute atomic E-state index is 9.39. The molecule has 5 N–H and O–H groups in total. The lowest BCUT2D eigenvalue weighted by atomic mass is 9.92. The van der Waals surface area contributed by atoms with Crippen LogP contribution in [-0.2, 0) is 6.42 Å². The number of nitrogens with two attached hydrogens (primary N) is 1. The fourth-order valence-electron chi connectivity index (χ4n) is 3.66. The van der Waals surface area contributed by atoms with Crippen molar-refractivity contribution in [3.8, 4) is 5.75 Å². The van der Waals surface area contributed by atoms with Crippen LogP contribution in [0.1, 0.15) is 42.9 Å². The molecule has 3 aromatic carbocycles. The van der Waals surface area contributed by atoms with Crippen molar-refractivity contribution in [1.29, 1.82) is 5.41 Å². The van der Waals surface area contributed by atoms with Crippen LogP contribution >= 0.6 is 0 Å². The largest absolute Gasteiger partial charge is 0.508 e. The molecule has 3 aromatic rings. The van der Waals surface area contributed by atoms with Crippen molar-refractivity contribution in [2.75, 3.05) is 13.1 Å². The maximum atomic E-state index is 9.39. The summed E-state index contributed by atoms with van der Waals surface area (Å²) in [4.78, 5) is 0. The van der Waals surface area contributed by atoms with Crippen LogP contribution in [0.2, 0.25) is 0 Å². The molecule has 0 bridgehead atoms. The minimum absolute atomic E-state index is 0.0924. The van der Waals surface area contributed by atoms with Gasteiger partial charge >= 0.3 is 0 Å². The zero-order chi connectivity index (χ0) is 20.8. The van der Waals surface area contributed by atoms with E-state index >= 15 is 0 Å². The first-order chi connectivity index (χ1) is 13.9. The predicted molar refractivity (Wildman–Crippen MR) is 122 cm³/mol. The van der Waals surface area contributed by atoms with Crippen molar-refractivity contribution in [2.24, 2.45) is 11.7 Å². The average Bonchev–Trinajstić information content (AvgIpc) is 3.19. The van der Waals surface area contributed by atoms with E-state index in [0.717, 1.165) is 28.7 Å². The predicted octanol–water partition coefficient (Wildman–Crippen LogP) is 4.79. The SMILES string of the molecule is CC(Cc1ccc2ccc(C(=N)N)cc2c1)c1ccc(O)cc1.CC1CCNC1. The number of nitrogen functional groups attached to an aromatic ring is 1. The molecule has 2 atom stereocenters. The van der Waals surface area contributed by atoms with Gasteiger partial charge in [0.1, 0.15) is 11.6 Å². The molecule has 2 unspecified atom stereocenters. The molecule has 29 heavy (non-hydrogen) atoms. The summed E-state index contributed by atoms with van der Waals surface area (Å²) in [6, 6.07) is 19.7. The van der Waals surface area contributed by atoms with E-state index in [1.807, 2.05) is 30.3 Å². The molecule has 0 aliphatic carbocycles. The van der Waals surface area contributed by atoms with Crippen molar-refractivity contribution in [3.05, 3.63) is 77.4 Å². The van der Waals surface area contributed by atoms with Gasteiger partial charge in [-0.25, -0.2) is 0 Å². The number of benzene rings is 3. The number of aromatic hydroxyl groups is 1. The van der Waals surface area contributed by atoms with Crippen molar-refractivity contribution in [2.45, 2.75) is 32.6 Å². The molecule has 4 heteroatoms. The molecule has 4 rings (SSSR count). The quantitative estimate of drug-likeness (QED) is 0.382. The summed E-state index contributed by atoms with van der Waals surface area (Å²) >= 11 is 0. The fourth-order valence-corrected chi connectivity index (χ4v) is 3.66. The first-order valence-corrected chi connectivity index (χ1v) is 10.3. The van der Waals surface area contributed by atoms with Gasteiger partial charge < -0.3 is 16.2 Å². The summed E-state index contributed by atoms with van der Waals surface area (Å²) in [5.74, 6) is 1.69. The van der Waals surface area contributed by atoms with Crippen LogP contribution < -0.4 is 11.1 Å². The third kappa shape index (κ3) is 5.81. The molecule has 0 saturated carbocycles. The van der Waals surface area contributed by atoms with E-state index in [9.17, 15) is 5.11 Å². The Labute approximate surface area is 173 Å². The fraction of sp³-hybridized carbons (Fsp3) is 0.320. The van der Waals surface area contributed by atoms with Crippen molar-refractivity contribution < 1.29 is 5.11 Å². The number of nitrogens with one attached hydrogen (secondary N) is 2. The average molecular weight is 390 g/mol. The number of phenolic OH excluding ortho intramolecular Hbond substituents is 1. The van der Waals surface area contributed by atoms with E-state index in [-0.39, 0.29) is 5.84 Å². The van der Waals surface area contributed by atoms with E-state index in [1.165, 1.54) is 30.6 Å². The van der Waals surface area contributed by atoms with Gasteiger partial charge in [0.2, 0.25) is 0 Å². The molecule has 1 fully saturated rings. The summed E-state index contributed by atoms with van der Waals surface area (Å²) in [6.07, 6.45) is 2.30. The van der Waals surface area contributed by atoms with E-state index < -0.39 is 0 Å². The Morgan fingerprint density at radius 2 is 1.83 bits per heavy atom. The summed E-state index contributed by atoms with van der Waals surface area (Å²) in [5, 5.41) is 22.5. The lowest BCUT2D eigenvalue weighted by molar-refractivity contribution is 0.475. The highest BCUT2D eigenvalue weighted by Gasteiger charge is 2.08. The number of amidine groups is 1. The maximum Gasteiger partial charge on any atom is 0.122 e. The second kappa shape index (κ2) is 9.57. The van der Waals surface area contributed by atoms with Gasteiger partial charge in [-0.2, -0.15) is 0 Å². The first kappa shape index (κ1) is 20.9. The van der Waals surface area contributed by atoms with Gasteiger partial charge in [-0.3, -0.25) is 5.41 Å². The van der Waals surface area contributed by atoms with E-state index in [2.05, 4.69) is 37.4 Å². The second-order valence-corrected chi connectivity index (χ2v) is 8.10. The Bertz CT molecular complexity index is 959. The van der Waals surface area contributed by atoms with Gasteiger partial charge in [-0.15, -0.1) is 0 Å². The Kier molecular flexibility index (Phi) is 6.89. The highest BCUT2D eigenvalue weighted by molar-refractivity contribution is 5.99. The summed E-state index contributed by atoms with van der Waals surface area (Å²) in [7, 11) is 0. The van der Waals surface area contributed by atoms with Crippen LogP contribution in [-0.4, -0.2) is 24.0 Å². The Hall–Kier alpha value is -2.85. The van der Waals surface area contributed by atoms with Crippen LogP contribution in [0, 0.1) is 11.3 Å². The molecular formula is C25H31N3O. The summed E-state index contributed by atoms with van der Waals surface area (Å²) in [6.45, 7) is 6.93. The van der Waals surface area contributed by atoms with Crippen LogP contribution in [0.25, 0.3) is 10.8 Å². The number of rotatable bonds is 4. The third-order valence-corrected chi connectivity index (χ3v) is 5.53. The molecule has 4 nitrogen and oxygen atoms in total. The molecule has 0 spiro atoms. The molecule has 152 valence electrons. The summed E-state index contributed by atoms with van der Waals surface area (Å²) < 4.78 is 0. The van der Waals surface area contributed by atoms with Gasteiger partial charge in [0.25, 0.3) is 0 Å². The molecule has 1 aliphatic heterocycles. The van der Waals surface area contributed by atoms with Crippen LogP contribution in [0.5, 0.6) is 5.75 Å². The number of hydrogen-bond donors (Lipinski definition) is 4. The van der Waals surface area contributed by atoms with Gasteiger partial charge in [0.05, 0.1) is 0 Å². The van der Waals surface area contributed by atoms with Gasteiger partial charge in [0, 0.05) is 5.56 Å². The van der Waals surface area contributed by atoms with Crippen LogP contribution in [0.4, 0.5) is 0 Å². The number of hydrogen-bond acceptors (Lipinski definition) is 3. The molecule has 1 heterocycles. The van der Waals surface area contributed by atoms with Crippen molar-refractivity contribution >= 4 is 16.6 Å². The molecular weight excluding hydrogens is 358 g/mol. The first-order valence-electron chi connectivity index (χ1n) is 10.3. The molecule has 1 saturated heterocycles. The minimum Gasteiger partial charge on any atom is -0.508 e. The zero-order valence-corrected chi connectivity index (χ0v) is 17.3. The second-order valence-electron chi connectivity index (χ2n) is 8.10. The Morgan fingerprint density at radius 1 is 1.10 bits per heavy atom. The van der Waals surface area contributed by atoms with Gasteiger partial charge in [-0.05, 0) is 77.9 Å². The lowest BCUT2D eigenvalue weighted by Crippen LogP contribution is -2.10. The topological polar surface area (TPSA) is 82.1 Å². The molecule has 0 aromatic heterocycles. The van der Waals surface area contributed by atoms with E-state index in [1.54, 1.807) is 12.1 Å². The molecule has 0 amide bonds.